The third-order valence-electron chi connectivity index (χ3n) is 3.34. The first-order valence-electron chi connectivity index (χ1n) is 7.29. The van der Waals surface area contributed by atoms with E-state index in [1.807, 2.05) is 0 Å². The zero-order valence-electron chi connectivity index (χ0n) is 13.4. The summed E-state index contributed by atoms with van der Waals surface area (Å²) in [6.45, 7) is 2.30. The maximum atomic E-state index is 12.3. The fraction of sp³-hybridized carbons (Fsp3) is 0.333. The highest BCUT2D eigenvalue weighted by Crippen LogP contribution is 2.20. The molecule has 1 unspecified atom stereocenters. The number of nitrogens with zero attached hydrogens (tertiary/aromatic N) is 3. The topological polar surface area (TPSA) is 84.3 Å². The molecule has 0 aliphatic carbocycles. The van der Waals surface area contributed by atoms with Gasteiger partial charge in [-0.15, -0.1) is 0 Å². The van der Waals surface area contributed by atoms with E-state index in [4.69, 9.17) is 11.6 Å². The van der Waals surface area contributed by atoms with Gasteiger partial charge in [-0.1, -0.05) is 29.8 Å². The van der Waals surface area contributed by atoms with E-state index in [2.05, 4.69) is 10.4 Å². The maximum Gasteiger partial charge on any atom is 0.243 e. The minimum Gasteiger partial charge on any atom is -0.352 e. The summed E-state index contributed by atoms with van der Waals surface area (Å²) >= 11 is 5.77. The molecule has 1 amide bonds. The van der Waals surface area contributed by atoms with Crippen LogP contribution in [-0.2, 0) is 21.4 Å². The molecule has 1 heterocycles. The molecule has 0 fully saturated rings. The number of carbonyl (C=O) groups excluding carboxylic acids is 1. The molecule has 9 heteroatoms. The number of rotatable bonds is 7. The van der Waals surface area contributed by atoms with Crippen molar-refractivity contribution in [1.82, 2.24) is 15.1 Å². The Bertz CT molecular complexity index is 792. The Morgan fingerprint density at radius 2 is 2.04 bits per heavy atom. The normalized spacial score (nSPS) is 12.6. The third kappa shape index (κ3) is 4.72. The van der Waals surface area contributed by atoms with E-state index in [0.717, 1.165) is 10.6 Å². The number of hydrogen-bond donors (Lipinski definition) is 1. The molecule has 2 rings (SSSR count). The highest BCUT2D eigenvalue weighted by Gasteiger charge is 2.28. The van der Waals surface area contributed by atoms with E-state index >= 15 is 0 Å². The average Bonchev–Trinajstić information content (AvgIpc) is 2.92. The molecular weight excluding hydrogens is 352 g/mol. The zero-order valence-corrected chi connectivity index (χ0v) is 15.0. The summed E-state index contributed by atoms with van der Waals surface area (Å²) in [5.41, 5.74) is 0.446. The Morgan fingerprint density at radius 3 is 2.58 bits per heavy atom. The van der Waals surface area contributed by atoms with Crippen molar-refractivity contribution < 1.29 is 13.2 Å². The summed E-state index contributed by atoms with van der Waals surface area (Å²) in [5, 5.41) is 7.24. The standard InChI is InChI=1S/C15H19ClN4O3S/c1-12(15(21)17-8-9-19-11-13(16)10-18-19)20(24(2,22)23)14-6-4-3-5-7-14/h3-7,10-12H,8-9H2,1-2H3,(H,17,21). The lowest BCUT2D eigenvalue weighted by molar-refractivity contribution is -0.121. The maximum absolute atomic E-state index is 12.3. The monoisotopic (exact) mass is 370 g/mol. The molecule has 0 saturated carbocycles. The van der Waals surface area contributed by atoms with Gasteiger partial charge in [-0.2, -0.15) is 5.10 Å². The number of anilines is 1. The van der Waals surface area contributed by atoms with Crippen molar-refractivity contribution in [1.29, 1.82) is 0 Å². The van der Waals surface area contributed by atoms with Crippen LogP contribution in [0.2, 0.25) is 5.02 Å². The molecule has 1 aromatic carbocycles. The lowest BCUT2D eigenvalue weighted by Crippen LogP contribution is -2.48. The number of hydrogen-bond acceptors (Lipinski definition) is 4. The second kappa shape index (κ2) is 7.67. The summed E-state index contributed by atoms with van der Waals surface area (Å²) in [5.74, 6) is -0.387. The number of nitrogens with one attached hydrogen (secondary N) is 1. The van der Waals surface area contributed by atoms with E-state index in [0.29, 0.717) is 23.8 Å². The van der Waals surface area contributed by atoms with Gasteiger partial charge in [-0.05, 0) is 19.1 Å². The van der Waals surface area contributed by atoms with Crippen LogP contribution < -0.4 is 9.62 Å². The first-order chi connectivity index (χ1) is 11.3. The van der Waals surface area contributed by atoms with E-state index in [1.54, 1.807) is 48.1 Å². The minimum atomic E-state index is -3.60. The van der Waals surface area contributed by atoms with Crippen molar-refractivity contribution in [3.63, 3.8) is 0 Å². The van der Waals surface area contributed by atoms with Crippen LogP contribution in [-0.4, -0.2) is 42.9 Å². The van der Waals surface area contributed by atoms with Crippen molar-refractivity contribution in [3.8, 4) is 0 Å². The molecular formula is C15H19ClN4O3S. The lowest BCUT2D eigenvalue weighted by atomic mass is 10.2. The van der Waals surface area contributed by atoms with Gasteiger partial charge in [0.05, 0.1) is 29.7 Å². The van der Waals surface area contributed by atoms with Crippen LogP contribution in [0.5, 0.6) is 0 Å². The van der Waals surface area contributed by atoms with Crippen LogP contribution in [0.25, 0.3) is 0 Å². The second-order valence-electron chi connectivity index (χ2n) is 5.28. The highest BCUT2D eigenvalue weighted by molar-refractivity contribution is 7.92. The van der Waals surface area contributed by atoms with Crippen LogP contribution in [0.3, 0.4) is 0 Å². The van der Waals surface area contributed by atoms with Crippen LogP contribution in [0, 0.1) is 0 Å². The van der Waals surface area contributed by atoms with Gasteiger partial charge in [0.2, 0.25) is 15.9 Å². The van der Waals surface area contributed by atoms with Gasteiger partial charge in [0, 0.05) is 12.7 Å². The predicted octanol–water partition coefficient (Wildman–Crippen LogP) is 1.51. The number of para-hydroxylation sites is 1. The van der Waals surface area contributed by atoms with Crippen molar-refractivity contribution in [2.75, 3.05) is 17.1 Å². The molecule has 0 aliphatic rings. The van der Waals surface area contributed by atoms with Gasteiger partial charge in [-0.3, -0.25) is 13.8 Å². The molecule has 0 saturated heterocycles. The molecule has 24 heavy (non-hydrogen) atoms. The van der Waals surface area contributed by atoms with Crippen LogP contribution >= 0.6 is 11.6 Å². The number of halogens is 1. The van der Waals surface area contributed by atoms with E-state index in [-0.39, 0.29) is 5.91 Å². The molecule has 0 aliphatic heterocycles. The molecule has 0 radical (unpaired) electrons. The summed E-state index contributed by atoms with van der Waals surface area (Å²) in [6, 6.07) is 7.65. The Labute approximate surface area is 146 Å². The minimum absolute atomic E-state index is 0.313. The summed E-state index contributed by atoms with van der Waals surface area (Å²) in [7, 11) is -3.60. The Kier molecular flexibility index (Phi) is 5.84. The van der Waals surface area contributed by atoms with Crippen LogP contribution in [0.4, 0.5) is 5.69 Å². The van der Waals surface area contributed by atoms with E-state index in [9.17, 15) is 13.2 Å². The fourth-order valence-corrected chi connectivity index (χ4v) is 3.62. The molecule has 7 nitrogen and oxygen atoms in total. The lowest BCUT2D eigenvalue weighted by Gasteiger charge is -2.28. The average molecular weight is 371 g/mol. The van der Waals surface area contributed by atoms with Crippen LogP contribution in [0.15, 0.2) is 42.7 Å². The molecule has 0 bridgehead atoms. The van der Waals surface area contributed by atoms with E-state index in [1.165, 1.54) is 6.20 Å². The Hall–Kier alpha value is -2.06. The van der Waals surface area contributed by atoms with Gasteiger partial charge in [0.25, 0.3) is 0 Å². The summed E-state index contributed by atoms with van der Waals surface area (Å²) in [6.07, 6.45) is 4.23. The summed E-state index contributed by atoms with van der Waals surface area (Å²) in [4.78, 5) is 12.3. The number of aromatic nitrogens is 2. The predicted molar refractivity (Wildman–Crippen MR) is 93.5 cm³/mol. The molecule has 130 valence electrons. The highest BCUT2D eigenvalue weighted by atomic mass is 35.5. The third-order valence-corrected chi connectivity index (χ3v) is 4.78. The zero-order chi connectivity index (χ0) is 17.7. The first-order valence-corrected chi connectivity index (χ1v) is 9.52. The second-order valence-corrected chi connectivity index (χ2v) is 7.58. The van der Waals surface area contributed by atoms with Gasteiger partial charge < -0.3 is 5.32 Å². The van der Waals surface area contributed by atoms with Gasteiger partial charge in [0.15, 0.2) is 0 Å². The van der Waals surface area contributed by atoms with Crippen molar-refractivity contribution in [2.45, 2.75) is 19.5 Å². The number of amides is 1. The molecule has 0 spiro atoms. The van der Waals surface area contributed by atoms with Crippen molar-refractivity contribution in [3.05, 3.63) is 47.7 Å². The SMILES string of the molecule is CC(C(=O)NCCn1cc(Cl)cn1)N(c1ccccc1)S(C)(=O)=O. The number of benzene rings is 1. The van der Waals surface area contributed by atoms with Crippen LogP contribution in [0.1, 0.15) is 6.92 Å². The molecule has 1 aromatic heterocycles. The molecule has 1 N–H and O–H groups in total. The van der Waals surface area contributed by atoms with E-state index < -0.39 is 16.1 Å². The smallest absolute Gasteiger partial charge is 0.243 e. The van der Waals surface area contributed by atoms with Gasteiger partial charge >= 0.3 is 0 Å². The Balaban J connectivity index is 2.03. The number of sulfonamides is 1. The molecule has 2 aromatic rings. The Morgan fingerprint density at radius 1 is 1.38 bits per heavy atom. The first kappa shape index (κ1) is 18.3. The largest absolute Gasteiger partial charge is 0.352 e. The van der Waals surface area contributed by atoms with Crippen molar-refractivity contribution >= 4 is 33.2 Å². The summed E-state index contributed by atoms with van der Waals surface area (Å²) < 4.78 is 26.9. The quantitative estimate of drug-likeness (QED) is 0.800. The van der Waals surface area contributed by atoms with Gasteiger partial charge in [0.1, 0.15) is 6.04 Å². The van der Waals surface area contributed by atoms with Crippen molar-refractivity contribution in [2.24, 2.45) is 0 Å². The number of carbonyl (C=O) groups is 1. The van der Waals surface area contributed by atoms with Gasteiger partial charge in [-0.25, -0.2) is 8.42 Å². The fourth-order valence-electron chi connectivity index (χ4n) is 2.29. The molecule has 1 atom stereocenters.